The number of nitriles is 1. The van der Waals surface area contributed by atoms with Crippen molar-refractivity contribution in [2.75, 3.05) is 16.4 Å². The van der Waals surface area contributed by atoms with Gasteiger partial charge in [-0.3, -0.25) is 19.7 Å². The predicted octanol–water partition coefficient (Wildman–Crippen LogP) is 6.61. The Morgan fingerprint density at radius 1 is 1.02 bits per heavy atom. The number of non-ortho nitro benzene ring substituents is 1. The number of nitrogens with one attached hydrogen (secondary N) is 3. The Hall–Kier alpha value is -4.30. The van der Waals surface area contributed by atoms with Gasteiger partial charge in [0, 0.05) is 44.8 Å². The fourth-order valence-corrected chi connectivity index (χ4v) is 5.34. The van der Waals surface area contributed by atoms with Crippen LogP contribution in [0.5, 0.6) is 0 Å². The Labute approximate surface area is 244 Å². The first-order valence-corrected chi connectivity index (χ1v) is 13.5. The highest BCUT2D eigenvalue weighted by Crippen LogP contribution is 2.43. The lowest BCUT2D eigenvalue weighted by molar-refractivity contribution is -0.384. The van der Waals surface area contributed by atoms with Gasteiger partial charge in [0.1, 0.15) is 0 Å². The first-order valence-electron chi connectivity index (χ1n) is 11.8. The minimum atomic E-state index is -0.799. The molecule has 0 aromatic heterocycles. The number of nitro groups is 1. The number of benzene rings is 3. The van der Waals surface area contributed by atoms with Gasteiger partial charge in [-0.2, -0.15) is 5.26 Å². The summed E-state index contributed by atoms with van der Waals surface area (Å²) in [6.45, 7) is 1.71. The number of allylic oxidation sites excluding steroid dienone is 2. The van der Waals surface area contributed by atoms with Gasteiger partial charge in [-0.1, -0.05) is 53.2 Å². The standard InChI is InChI=1S/C28H21Cl2N5O4S/c1-16-25(27(37)34-19-8-6-17(29)7-9-19)26(21-4-2-3-5-23(21)30)22(14-31)28(32-16)40-15-24(36)33-18-10-12-20(13-11-18)35(38)39/h2-13,26,32H,15H2,1H3,(H,33,36)(H,34,37). The van der Waals surface area contributed by atoms with Crippen molar-refractivity contribution in [3.8, 4) is 6.07 Å². The van der Waals surface area contributed by atoms with Gasteiger partial charge in [-0.15, -0.1) is 0 Å². The maximum absolute atomic E-state index is 13.5. The molecule has 0 bridgehead atoms. The van der Waals surface area contributed by atoms with Crippen LogP contribution in [0.2, 0.25) is 10.0 Å². The molecule has 2 amide bonds. The molecule has 12 heteroatoms. The topological polar surface area (TPSA) is 137 Å². The number of hydrogen-bond donors (Lipinski definition) is 3. The van der Waals surface area contributed by atoms with Crippen LogP contribution in [0.15, 0.2) is 94.7 Å². The Bertz CT molecular complexity index is 1580. The zero-order valence-electron chi connectivity index (χ0n) is 20.9. The largest absolute Gasteiger partial charge is 0.353 e. The average Bonchev–Trinajstić information content (AvgIpc) is 2.93. The van der Waals surface area contributed by atoms with Crippen LogP contribution in [0, 0.1) is 21.4 Å². The van der Waals surface area contributed by atoms with Crippen molar-refractivity contribution < 1.29 is 14.5 Å². The number of carbonyl (C=O) groups excluding carboxylic acids is 2. The van der Waals surface area contributed by atoms with Crippen molar-refractivity contribution in [1.29, 1.82) is 5.26 Å². The van der Waals surface area contributed by atoms with Crippen LogP contribution in [0.25, 0.3) is 0 Å². The minimum Gasteiger partial charge on any atom is -0.353 e. The summed E-state index contributed by atoms with van der Waals surface area (Å²) in [4.78, 5) is 36.5. The fraction of sp³-hybridized carbons (Fsp3) is 0.107. The van der Waals surface area contributed by atoms with E-state index in [1.54, 1.807) is 55.5 Å². The molecule has 1 heterocycles. The van der Waals surface area contributed by atoms with Gasteiger partial charge in [0.05, 0.1) is 33.3 Å². The molecule has 4 rings (SSSR count). The molecule has 1 aliphatic rings. The highest BCUT2D eigenvalue weighted by atomic mass is 35.5. The van der Waals surface area contributed by atoms with Crippen LogP contribution < -0.4 is 16.0 Å². The van der Waals surface area contributed by atoms with Crippen molar-refractivity contribution in [2.45, 2.75) is 12.8 Å². The van der Waals surface area contributed by atoms with Gasteiger partial charge >= 0.3 is 0 Å². The number of amides is 2. The normalized spacial score (nSPS) is 14.7. The van der Waals surface area contributed by atoms with Crippen LogP contribution >= 0.6 is 35.0 Å². The van der Waals surface area contributed by atoms with E-state index < -0.39 is 16.7 Å². The van der Waals surface area contributed by atoms with Crippen LogP contribution in [-0.4, -0.2) is 22.5 Å². The molecule has 0 radical (unpaired) electrons. The molecule has 1 unspecified atom stereocenters. The smallest absolute Gasteiger partial charge is 0.269 e. The highest BCUT2D eigenvalue weighted by molar-refractivity contribution is 8.03. The number of hydrogen-bond acceptors (Lipinski definition) is 7. The van der Waals surface area contributed by atoms with E-state index in [4.69, 9.17) is 23.2 Å². The zero-order chi connectivity index (χ0) is 28.8. The van der Waals surface area contributed by atoms with E-state index in [9.17, 15) is 25.0 Å². The minimum absolute atomic E-state index is 0.0701. The summed E-state index contributed by atoms with van der Waals surface area (Å²) >= 11 is 13.6. The van der Waals surface area contributed by atoms with Gasteiger partial charge in [-0.05, 0) is 55.0 Å². The van der Waals surface area contributed by atoms with Crippen molar-refractivity contribution >= 4 is 63.8 Å². The maximum Gasteiger partial charge on any atom is 0.269 e. The van der Waals surface area contributed by atoms with Crippen molar-refractivity contribution in [1.82, 2.24) is 5.32 Å². The summed E-state index contributed by atoms with van der Waals surface area (Å²) < 4.78 is 0. The van der Waals surface area contributed by atoms with Gasteiger partial charge in [0.2, 0.25) is 5.91 Å². The number of nitrogens with zero attached hydrogens (tertiary/aromatic N) is 2. The first-order chi connectivity index (χ1) is 19.2. The van der Waals surface area contributed by atoms with Crippen molar-refractivity contribution in [3.63, 3.8) is 0 Å². The van der Waals surface area contributed by atoms with E-state index in [1.807, 2.05) is 0 Å². The van der Waals surface area contributed by atoms with E-state index in [1.165, 1.54) is 24.3 Å². The summed E-state index contributed by atoms with van der Waals surface area (Å²) in [7, 11) is 0. The van der Waals surface area contributed by atoms with Crippen LogP contribution in [-0.2, 0) is 9.59 Å². The second-order valence-corrected chi connectivity index (χ2v) is 10.4. The number of anilines is 2. The Morgan fingerprint density at radius 3 is 2.27 bits per heavy atom. The second kappa shape index (κ2) is 12.7. The highest BCUT2D eigenvalue weighted by Gasteiger charge is 2.36. The molecule has 0 spiro atoms. The van der Waals surface area contributed by atoms with Gasteiger partial charge < -0.3 is 16.0 Å². The number of carbonyl (C=O) groups is 2. The summed E-state index contributed by atoms with van der Waals surface area (Å²) in [5.74, 6) is -1.68. The lowest BCUT2D eigenvalue weighted by Gasteiger charge is -2.30. The Kier molecular flexibility index (Phi) is 9.11. The van der Waals surface area contributed by atoms with E-state index in [2.05, 4.69) is 22.0 Å². The summed E-state index contributed by atoms with van der Waals surface area (Å²) in [5, 5.41) is 31.1. The molecule has 1 aliphatic heterocycles. The van der Waals surface area contributed by atoms with E-state index in [0.717, 1.165) is 11.8 Å². The van der Waals surface area contributed by atoms with Crippen LogP contribution in [0.4, 0.5) is 17.1 Å². The number of dihydropyridines is 1. The molecule has 1 atom stereocenters. The lowest BCUT2D eigenvalue weighted by atomic mass is 9.82. The van der Waals surface area contributed by atoms with E-state index in [-0.39, 0.29) is 22.9 Å². The quantitative estimate of drug-likeness (QED) is 0.197. The second-order valence-electron chi connectivity index (χ2n) is 8.57. The fourth-order valence-electron chi connectivity index (χ4n) is 4.08. The molecule has 0 fully saturated rings. The number of nitro benzene ring substituents is 1. The third-order valence-corrected chi connectivity index (χ3v) is 7.53. The molecule has 3 aromatic carbocycles. The molecule has 40 heavy (non-hydrogen) atoms. The molecule has 0 aliphatic carbocycles. The molecule has 0 saturated carbocycles. The van der Waals surface area contributed by atoms with Gasteiger partial charge in [0.25, 0.3) is 11.6 Å². The molecular formula is C28H21Cl2N5O4S. The molecule has 0 saturated heterocycles. The number of halogens is 2. The monoisotopic (exact) mass is 593 g/mol. The molecule has 3 aromatic rings. The van der Waals surface area contributed by atoms with E-state index >= 15 is 0 Å². The van der Waals surface area contributed by atoms with Crippen LogP contribution in [0.1, 0.15) is 18.4 Å². The number of thioether (sulfide) groups is 1. The third kappa shape index (κ3) is 6.63. The molecule has 3 N–H and O–H groups in total. The number of rotatable bonds is 8. The molecule has 9 nitrogen and oxygen atoms in total. The first kappa shape index (κ1) is 28.7. The average molecular weight is 594 g/mol. The predicted molar refractivity (Wildman–Crippen MR) is 157 cm³/mol. The van der Waals surface area contributed by atoms with Crippen molar-refractivity contribution in [3.05, 3.63) is 120 Å². The summed E-state index contributed by atoms with van der Waals surface area (Å²) in [6.07, 6.45) is 0. The SMILES string of the molecule is CC1=C(C(=O)Nc2ccc(Cl)cc2)C(c2ccccc2Cl)C(C#N)=C(SCC(=O)Nc2ccc([N+](=O)[O-])cc2)N1. The Balaban J connectivity index is 1.60. The lowest BCUT2D eigenvalue weighted by Crippen LogP contribution is -2.31. The Morgan fingerprint density at radius 2 is 1.65 bits per heavy atom. The van der Waals surface area contributed by atoms with Crippen LogP contribution in [0.3, 0.4) is 0 Å². The molecular weight excluding hydrogens is 573 g/mol. The maximum atomic E-state index is 13.5. The summed E-state index contributed by atoms with van der Waals surface area (Å²) in [5.41, 5.74) is 2.43. The van der Waals surface area contributed by atoms with E-state index in [0.29, 0.717) is 43.3 Å². The van der Waals surface area contributed by atoms with Crippen molar-refractivity contribution in [2.24, 2.45) is 0 Å². The zero-order valence-corrected chi connectivity index (χ0v) is 23.2. The molecule has 202 valence electrons. The summed E-state index contributed by atoms with van der Waals surface area (Å²) in [6, 6.07) is 21.3. The van der Waals surface area contributed by atoms with Gasteiger partial charge in [-0.25, -0.2) is 0 Å². The van der Waals surface area contributed by atoms with Gasteiger partial charge in [0.15, 0.2) is 0 Å². The third-order valence-electron chi connectivity index (χ3n) is 5.92.